The summed E-state index contributed by atoms with van der Waals surface area (Å²) in [5, 5.41) is 4.97. The van der Waals surface area contributed by atoms with Crippen LogP contribution in [0, 0.1) is 0 Å². The summed E-state index contributed by atoms with van der Waals surface area (Å²) in [5.41, 5.74) is -0.835. The average molecular weight is 424 g/mol. The van der Waals surface area contributed by atoms with Crippen molar-refractivity contribution in [2.75, 3.05) is 37.6 Å². The van der Waals surface area contributed by atoms with E-state index in [4.69, 9.17) is 11.6 Å². The number of H-pyrrole nitrogens is 1. The summed E-state index contributed by atoms with van der Waals surface area (Å²) in [6, 6.07) is 0.368. The lowest BCUT2D eigenvalue weighted by Gasteiger charge is -2.28. The summed E-state index contributed by atoms with van der Waals surface area (Å²) < 4.78 is 38.2. The SMILES string of the molecule is CC[C@@H](C)NC(=O)NC(=O)C[NH+]1CCN(c2[nH+]cc(C(F)(F)F)cc2Cl)CC1. The van der Waals surface area contributed by atoms with Gasteiger partial charge in [0.25, 0.3) is 11.7 Å². The number of nitrogens with one attached hydrogen (secondary N) is 4. The number of quaternary nitrogens is 1. The van der Waals surface area contributed by atoms with Gasteiger partial charge in [-0.2, -0.15) is 13.2 Å². The topological polar surface area (TPSA) is 80.0 Å². The van der Waals surface area contributed by atoms with Gasteiger partial charge in [-0.05, 0) is 19.4 Å². The second-order valence-electron chi connectivity index (χ2n) is 6.83. The number of nitrogens with zero attached hydrogens (tertiary/aromatic N) is 1. The van der Waals surface area contributed by atoms with Crippen molar-refractivity contribution in [3.63, 3.8) is 0 Å². The lowest BCUT2D eigenvalue weighted by molar-refractivity contribution is -0.892. The molecule has 1 atom stereocenters. The van der Waals surface area contributed by atoms with Crippen LogP contribution in [0.15, 0.2) is 12.3 Å². The minimum Gasteiger partial charge on any atom is -0.335 e. The van der Waals surface area contributed by atoms with Crippen molar-refractivity contribution in [2.45, 2.75) is 32.5 Å². The number of carbonyl (C=O) groups excluding carboxylic acids is 2. The van der Waals surface area contributed by atoms with Gasteiger partial charge < -0.3 is 10.2 Å². The molecule has 0 bridgehead atoms. The van der Waals surface area contributed by atoms with E-state index in [-0.39, 0.29) is 23.5 Å². The Balaban J connectivity index is 1.84. The maximum Gasteiger partial charge on any atom is 0.419 e. The Hall–Kier alpha value is -2.07. The first kappa shape index (κ1) is 22.2. The molecule has 1 aliphatic heterocycles. The van der Waals surface area contributed by atoms with Crippen molar-refractivity contribution in [2.24, 2.45) is 0 Å². The third-order valence-electron chi connectivity index (χ3n) is 4.64. The van der Waals surface area contributed by atoms with Crippen molar-refractivity contribution in [1.82, 2.24) is 10.6 Å². The molecule has 156 valence electrons. The van der Waals surface area contributed by atoms with Crippen LogP contribution in [-0.4, -0.2) is 50.7 Å². The lowest BCUT2D eigenvalue weighted by Crippen LogP contribution is -3.16. The fourth-order valence-corrected chi connectivity index (χ4v) is 3.14. The van der Waals surface area contributed by atoms with Crippen molar-refractivity contribution >= 4 is 29.4 Å². The Morgan fingerprint density at radius 3 is 2.54 bits per heavy atom. The van der Waals surface area contributed by atoms with Crippen LogP contribution >= 0.6 is 11.6 Å². The average Bonchev–Trinajstić information content (AvgIpc) is 2.61. The highest BCUT2D eigenvalue weighted by atomic mass is 35.5. The predicted molar refractivity (Wildman–Crippen MR) is 97.2 cm³/mol. The Morgan fingerprint density at radius 2 is 2.00 bits per heavy atom. The number of rotatable bonds is 5. The number of piperazine rings is 1. The van der Waals surface area contributed by atoms with Crippen LogP contribution in [0.5, 0.6) is 0 Å². The van der Waals surface area contributed by atoms with Gasteiger partial charge in [-0.15, -0.1) is 0 Å². The molecule has 0 aliphatic carbocycles. The Morgan fingerprint density at radius 1 is 1.36 bits per heavy atom. The Kier molecular flexibility index (Phi) is 7.48. The fraction of sp³-hybridized carbons (Fsp3) is 0.588. The van der Waals surface area contributed by atoms with Gasteiger partial charge in [0.05, 0.1) is 5.56 Å². The number of urea groups is 1. The number of carbonyl (C=O) groups is 2. The molecule has 0 unspecified atom stereocenters. The maximum atomic E-state index is 12.7. The van der Waals surface area contributed by atoms with Gasteiger partial charge in [0.1, 0.15) is 37.4 Å². The molecular formula is C17H25ClF3N5O2+2. The summed E-state index contributed by atoms with van der Waals surface area (Å²) in [5.74, 6) is 0.0504. The molecular weight excluding hydrogens is 399 g/mol. The van der Waals surface area contributed by atoms with Crippen LogP contribution in [0.25, 0.3) is 0 Å². The monoisotopic (exact) mass is 423 g/mol. The lowest BCUT2D eigenvalue weighted by atomic mass is 10.2. The van der Waals surface area contributed by atoms with Crippen LogP contribution in [0.3, 0.4) is 0 Å². The number of halogens is 4. The number of anilines is 1. The third-order valence-corrected chi connectivity index (χ3v) is 4.93. The number of pyridine rings is 1. The number of aromatic amines is 1. The van der Waals surface area contributed by atoms with E-state index in [1.54, 1.807) is 0 Å². The maximum absolute atomic E-state index is 12.7. The van der Waals surface area contributed by atoms with E-state index < -0.39 is 17.8 Å². The molecule has 1 saturated heterocycles. The molecule has 7 nitrogen and oxygen atoms in total. The molecule has 2 heterocycles. The Bertz CT molecular complexity index is 709. The van der Waals surface area contributed by atoms with Crippen LogP contribution in [0.1, 0.15) is 25.8 Å². The highest BCUT2D eigenvalue weighted by Gasteiger charge is 2.35. The number of alkyl halides is 3. The van der Waals surface area contributed by atoms with Crippen LogP contribution < -0.4 is 25.4 Å². The highest BCUT2D eigenvalue weighted by molar-refractivity contribution is 6.32. The zero-order valence-electron chi connectivity index (χ0n) is 15.8. The minimum atomic E-state index is -4.46. The van der Waals surface area contributed by atoms with Gasteiger partial charge >= 0.3 is 12.2 Å². The first-order valence-corrected chi connectivity index (χ1v) is 9.45. The zero-order valence-corrected chi connectivity index (χ0v) is 16.5. The predicted octanol–water partition coefficient (Wildman–Crippen LogP) is 0.502. The normalized spacial score (nSPS) is 16.6. The number of aromatic nitrogens is 1. The quantitative estimate of drug-likeness (QED) is 0.645. The zero-order chi connectivity index (χ0) is 20.9. The van der Waals surface area contributed by atoms with Crippen LogP contribution in [0.4, 0.5) is 23.8 Å². The molecule has 1 aliphatic rings. The second-order valence-corrected chi connectivity index (χ2v) is 7.23. The van der Waals surface area contributed by atoms with E-state index in [0.717, 1.165) is 23.6 Å². The van der Waals surface area contributed by atoms with E-state index in [0.29, 0.717) is 32.0 Å². The van der Waals surface area contributed by atoms with Crippen molar-refractivity contribution in [3.8, 4) is 0 Å². The van der Waals surface area contributed by atoms with E-state index in [1.807, 2.05) is 18.7 Å². The summed E-state index contributed by atoms with van der Waals surface area (Å²) in [6.07, 6.45) is -2.81. The second kappa shape index (κ2) is 9.42. The van der Waals surface area contributed by atoms with Gasteiger partial charge in [-0.3, -0.25) is 10.1 Å². The third kappa shape index (κ3) is 6.23. The first-order chi connectivity index (χ1) is 13.1. The molecule has 28 heavy (non-hydrogen) atoms. The molecule has 0 saturated carbocycles. The van der Waals surface area contributed by atoms with E-state index >= 15 is 0 Å². The first-order valence-electron chi connectivity index (χ1n) is 9.07. The van der Waals surface area contributed by atoms with E-state index in [2.05, 4.69) is 15.6 Å². The Labute approximate surface area is 166 Å². The van der Waals surface area contributed by atoms with Crippen molar-refractivity contribution < 1.29 is 32.6 Å². The molecule has 0 spiro atoms. The molecule has 1 aromatic heterocycles. The van der Waals surface area contributed by atoms with Gasteiger partial charge in [0.15, 0.2) is 6.54 Å². The van der Waals surface area contributed by atoms with Crippen molar-refractivity contribution in [1.29, 1.82) is 0 Å². The van der Waals surface area contributed by atoms with Gasteiger partial charge in [0.2, 0.25) is 0 Å². The standard InChI is InChI=1S/C17H23ClF3N5O2/c1-3-11(2)23-16(28)24-14(27)10-25-4-6-26(7-5-25)15-13(18)8-12(9-22-15)17(19,20)21/h8-9,11H,3-7,10H2,1-2H3,(H2,23,24,27,28)/p+2/t11-/m1/s1. The molecule has 2 rings (SSSR count). The fourth-order valence-electron chi connectivity index (χ4n) is 2.85. The number of hydrogen-bond donors (Lipinski definition) is 3. The van der Waals surface area contributed by atoms with Gasteiger partial charge in [-0.25, -0.2) is 14.7 Å². The van der Waals surface area contributed by atoms with E-state index in [1.165, 1.54) is 0 Å². The van der Waals surface area contributed by atoms with Gasteiger partial charge in [0, 0.05) is 6.04 Å². The molecule has 11 heteroatoms. The van der Waals surface area contributed by atoms with E-state index in [9.17, 15) is 22.8 Å². The smallest absolute Gasteiger partial charge is 0.335 e. The summed E-state index contributed by atoms with van der Waals surface area (Å²) in [6.45, 7) is 6.13. The molecule has 4 N–H and O–H groups in total. The number of amides is 3. The molecule has 0 aromatic carbocycles. The molecule has 1 aromatic rings. The summed E-state index contributed by atoms with van der Waals surface area (Å²) in [4.78, 5) is 29.1. The minimum absolute atomic E-state index is 0.00210. The summed E-state index contributed by atoms with van der Waals surface area (Å²) >= 11 is 6.01. The number of imide groups is 1. The highest BCUT2D eigenvalue weighted by Crippen LogP contribution is 2.31. The summed E-state index contributed by atoms with van der Waals surface area (Å²) in [7, 11) is 0. The molecule has 0 radical (unpaired) electrons. The van der Waals surface area contributed by atoms with Crippen molar-refractivity contribution in [3.05, 3.63) is 22.8 Å². The largest absolute Gasteiger partial charge is 0.419 e. The number of hydrogen-bond acceptors (Lipinski definition) is 3. The van der Waals surface area contributed by atoms with Gasteiger partial charge in [-0.1, -0.05) is 18.5 Å². The molecule has 1 fully saturated rings. The van der Waals surface area contributed by atoms with Crippen LogP contribution in [-0.2, 0) is 11.0 Å². The van der Waals surface area contributed by atoms with Crippen LogP contribution in [0.2, 0.25) is 5.02 Å². The molecule has 3 amide bonds.